The van der Waals surface area contributed by atoms with Crippen LogP contribution in [0.5, 0.6) is 0 Å². The molecule has 0 aromatic heterocycles. The monoisotopic (exact) mass is 439 g/mol. The van der Waals surface area contributed by atoms with Crippen molar-refractivity contribution in [2.24, 2.45) is 5.92 Å². The summed E-state index contributed by atoms with van der Waals surface area (Å²) < 4.78 is 5.31. The molecular weight excluding hydrogens is 406 g/mol. The van der Waals surface area contributed by atoms with E-state index in [9.17, 15) is 14.4 Å². The molecule has 0 bridgehead atoms. The Hall–Kier alpha value is -3.15. The van der Waals surface area contributed by atoms with Gasteiger partial charge in [-0.2, -0.15) is 0 Å². The molecule has 2 aromatic carbocycles. The minimum absolute atomic E-state index is 0.0892. The lowest BCUT2D eigenvalue weighted by molar-refractivity contribution is -0.148. The zero-order valence-electron chi connectivity index (χ0n) is 18.9. The summed E-state index contributed by atoms with van der Waals surface area (Å²) in [5.41, 5.74) is 3.25. The topological polar surface area (TPSA) is 92.7 Å². The normalized spacial score (nSPS) is 12.6. The highest BCUT2D eigenvalue weighted by Crippen LogP contribution is 2.21. The number of nitrogens with one attached hydrogen (secondary N) is 1. The number of carboxylic acid groups (broad SMARTS) is 1. The third-order valence-electron chi connectivity index (χ3n) is 5.26. The van der Waals surface area contributed by atoms with Crippen molar-refractivity contribution < 1.29 is 24.2 Å². The van der Waals surface area contributed by atoms with E-state index in [0.29, 0.717) is 19.4 Å². The fourth-order valence-electron chi connectivity index (χ4n) is 3.44. The lowest BCUT2D eigenvalue weighted by Gasteiger charge is -2.22. The fourth-order valence-corrected chi connectivity index (χ4v) is 3.44. The Morgan fingerprint density at radius 1 is 0.969 bits per heavy atom. The highest BCUT2D eigenvalue weighted by Gasteiger charge is 2.22. The van der Waals surface area contributed by atoms with Crippen molar-refractivity contribution in [3.8, 4) is 11.1 Å². The molecule has 2 aromatic rings. The van der Waals surface area contributed by atoms with Gasteiger partial charge < -0.3 is 15.2 Å². The molecule has 0 saturated heterocycles. The largest absolute Gasteiger partial charge is 0.481 e. The second-order valence-electron chi connectivity index (χ2n) is 8.08. The fraction of sp³-hybridized carbons (Fsp3) is 0.423. The number of hydrogen-bond donors (Lipinski definition) is 2. The quantitative estimate of drug-likeness (QED) is 0.351. The summed E-state index contributed by atoms with van der Waals surface area (Å²) in [6.07, 6.45) is 2.42. The van der Waals surface area contributed by atoms with Crippen molar-refractivity contribution in [1.82, 2.24) is 5.32 Å². The smallest absolute Gasteiger partial charge is 0.308 e. The number of ether oxygens (including phenoxy) is 1. The van der Waals surface area contributed by atoms with Crippen molar-refractivity contribution in [1.29, 1.82) is 0 Å². The second kappa shape index (κ2) is 13.3. The highest BCUT2D eigenvalue weighted by atomic mass is 16.5. The van der Waals surface area contributed by atoms with E-state index in [1.54, 1.807) is 6.92 Å². The second-order valence-corrected chi connectivity index (χ2v) is 8.08. The number of hydrogen-bond acceptors (Lipinski definition) is 4. The third kappa shape index (κ3) is 8.92. The van der Waals surface area contributed by atoms with E-state index in [0.717, 1.165) is 29.5 Å². The predicted molar refractivity (Wildman–Crippen MR) is 124 cm³/mol. The van der Waals surface area contributed by atoms with Crippen LogP contribution in [0.4, 0.5) is 0 Å². The van der Waals surface area contributed by atoms with E-state index < -0.39 is 5.97 Å². The van der Waals surface area contributed by atoms with Crippen molar-refractivity contribution in [2.45, 2.75) is 58.4 Å². The van der Waals surface area contributed by atoms with Crippen LogP contribution in [0.15, 0.2) is 54.6 Å². The number of carbonyl (C=O) groups is 3. The van der Waals surface area contributed by atoms with Crippen LogP contribution in [-0.4, -0.2) is 35.6 Å². The molecule has 6 heteroatoms. The van der Waals surface area contributed by atoms with Gasteiger partial charge in [-0.05, 0) is 36.0 Å². The summed E-state index contributed by atoms with van der Waals surface area (Å²) in [5, 5.41) is 11.7. The van der Waals surface area contributed by atoms with Crippen molar-refractivity contribution in [2.75, 3.05) is 6.61 Å². The summed E-state index contributed by atoms with van der Waals surface area (Å²) in [4.78, 5) is 35.3. The van der Waals surface area contributed by atoms with Gasteiger partial charge in [0.05, 0.1) is 18.9 Å². The molecule has 0 radical (unpaired) electrons. The molecule has 172 valence electrons. The predicted octanol–water partition coefficient (Wildman–Crippen LogP) is 4.62. The zero-order chi connectivity index (χ0) is 23.3. The van der Waals surface area contributed by atoms with Crippen LogP contribution in [0.3, 0.4) is 0 Å². The number of benzene rings is 2. The first-order valence-electron chi connectivity index (χ1n) is 11.2. The van der Waals surface area contributed by atoms with Gasteiger partial charge in [-0.1, -0.05) is 74.9 Å². The number of rotatable bonds is 13. The van der Waals surface area contributed by atoms with Gasteiger partial charge in [0.25, 0.3) is 0 Å². The Labute approximate surface area is 190 Å². The van der Waals surface area contributed by atoms with Crippen LogP contribution < -0.4 is 5.32 Å². The summed E-state index contributed by atoms with van der Waals surface area (Å²) in [6, 6.07) is 17.9. The molecule has 0 fully saturated rings. The van der Waals surface area contributed by atoms with Gasteiger partial charge in [0.2, 0.25) is 5.91 Å². The Balaban J connectivity index is 2.05. The Morgan fingerprint density at radius 2 is 1.62 bits per heavy atom. The SMILES string of the molecule is CCCCOC(=O)[C@H](C)C[C@@H](Cc1ccc(-c2ccccc2)cc1)NC(=O)CCC(=O)O. The van der Waals surface area contributed by atoms with Gasteiger partial charge in [-0.15, -0.1) is 0 Å². The standard InChI is InChI=1S/C26H33NO5/c1-3-4-16-32-26(31)19(2)17-23(27-24(28)14-15-25(29)30)18-20-10-12-22(13-11-20)21-8-6-5-7-9-21/h5-13,19,23H,3-4,14-18H2,1-2H3,(H,27,28)(H,29,30)/t19-,23+/m1/s1. The maximum absolute atomic E-state index is 12.3. The molecule has 2 N–H and O–H groups in total. The highest BCUT2D eigenvalue weighted by molar-refractivity contribution is 5.81. The summed E-state index contributed by atoms with van der Waals surface area (Å²) in [7, 11) is 0. The van der Waals surface area contributed by atoms with Gasteiger partial charge in [-0.3, -0.25) is 14.4 Å². The van der Waals surface area contributed by atoms with Crippen LogP contribution in [0.2, 0.25) is 0 Å². The first-order chi connectivity index (χ1) is 15.4. The van der Waals surface area contributed by atoms with Crippen LogP contribution in [0, 0.1) is 5.92 Å². The minimum atomic E-state index is -1.01. The molecule has 32 heavy (non-hydrogen) atoms. The van der Waals surface area contributed by atoms with Gasteiger partial charge >= 0.3 is 11.9 Å². The molecule has 0 saturated carbocycles. The Kier molecular flexibility index (Phi) is 10.4. The van der Waals surface area contributed by atoms with Crippen LogP contribution in [0.1, 0.15) is 51.5 Å². The molecule has 2 rings (SSSR count). The summed E-state index contributed by atoms with van der Waals surface area (Å²) in [6.45, 7) is 4.22. The van der Waals surface area contributed by atoms with Gasteiger partial charge in [0, 0.05) is 12.5 Å². The lowest BCUT2D eigenvalue weighted by atomic mass is 9.94. The van der Waals surface area contributed by atoms with E-state index in [4.69, 9.17) is 9.84 Å². The number of carbonyl (C=O) groups excluding carboxylic acids is 2. The molecule has 0 unspecified atom stereocenters. The molecule has 0 aliphatic rings. The number of unbranched alkanes of at least 4 members (excludes halogenated alkanes) is 1. The maximum atomic E-state index is 12.3. The number of aliphatic carboxylic acids is 1. The van der Waals surface area contributed by atoms with Crippen LogP contribution >= 0.6 is 0 Å². The average molecular weight is 440 g/mol. The Bertz CT molecular complexity index is 864. The Morgan fingerprint density at radius 3 is 2.25 bits per heavy atom. The molecule has 0 aliphatic carbocycles. The molecule has 6 nitrogen and oxygen atoms in total. The molecule has 1 amide bonds. The number of amides is 1. The van der Waals surface area contributed by atoms with E-state index in [2.05, 4.69) is 5.32 Å². The zero-order valence-corrected chi connectivity index (χ0v) is 18.9. The summed E-state index contributed by atoms with van der Waals surface area (Å²) >= 11 is 0. The van der Waals surface area contributed by atoms with Gasteiger partial charge in [0.15, 0.2) is 0 Å². The van der Waals surface area contributed by atoms with E-state index in [1.165, 1.54) is 0 Å². The number of carboxylic acids is 1. The molecule has 0 spiro atoms. The van der Waals surface area contributed by atoms with Crippen molar-refractivity contribution in [3.63, 3.8) is 0 Å². The molecule has 0 aliphatic heterocycles. The first-order valence-corrected chi connectivity index (χ1v) is 11.2. The van der Waals surface area contributed by atoms with E-state index in [1.807, 2.05) is 61.5 Å². The van der Waals surface area contributed by atoms with Crippen LogP contribution in [-0.2, 0) is 25.5 Å². The molecule has 0 heterocycles. The van der Waals surface area contributed by atoms with E-state index in [-0.39, 0.29) is 36.7 Å². The minimum Gasteiger partial charge on any atom is -0.481 e. The third-order valence-corrected chi connectivity index (χ3v) is 5.26. The molecular formula is C26H33NO5. The van der Waals surface area contributed by atoms with Gasteiger partial charge in [0.1, 0.15) is 0 Å². The van der Waals surface area contributed by atoms with Crippen LogP contribution in [0.25, 0.3) is 11.1 Å². The number of esters is 1. The molecule has 2 atom stereocenters. The average Bonchev–Trinajstić information content (AvgIpc) is 2.78. The first kappa shape index (κ1) is 25.1. The van der Waals surface area contributed by atoms with Gasteiger partial charge in [-0.25, -0.2) is 0 Å². The van der Waals surface area contributed by atoms with Crippen molar-refractivity contribution in [3.05, 3.63) is 60.2 Å². The summed E-state index contributed by atoms with van der Waals surface area (Å²) in [5.74, 6) is -1.99. The lowest BCUT2D eigenvalue weighted by Crippen LogP contribution is -2.39. The van der Waals surface area contributed by atoms with E-state index >= 15 is 0 Å². The van der Waals surface area contributed by atoms with Crippen molar-refractivity contribution >= 4 is 17.8 Å². The maximum Gasteiger partial charge on any atom is 0.308 e.